The highest BCUT2D eigenvalue weighted by molar-refractivity contribution is 7.84. The van der Waals surface area contributed by atoms with E-state index in [1.165, 1.54) is 0 Å². The maximum absolute atomic E-state index is 11.9. The molecule has 0 saturated carbocycles. The van der Waals surface area contributed by atoms with Crippen molar-refractivity contribution in [3.05, 3.63) is 0 Å². The van der Waals surface area contributed by atoms with Crippen molar-refractivity contribution >= 4 is 22.8 Å². The van der Waals surface area contributed by atoms with Crippen LogP contribution in [0.4, 0.5) is 4.79 Å². The molecule has 1 fully saturated rings. The first kappa shape index (κ1) is 16.9. The van der Waals surface area contributed by atoms with Crippen LogP contribution < -0.4 is 5.32 Å². The van der Waals surface area contributed by atoms with E-state index in [0.717, 1.165) is 6.42 Å². The van der Waals surface area contributed by atoms with Crippen molar-refractivity contribution in [1.82, 2.24) is 10.2 Å². The fraction of sp³-hybridized carbons (Fsp3) is 0.846. The Kier molecular flexibility index (Phi) is 6.45. The standard InChI is InChI=1S/C13H24N2O4S/c1-3-4-13(11(16)17)5-8-15(9-6-13)12(18)14-7-10-20(2)19/h3-10H2,1-2H3,(H,14,18)(H,16,17). The first-order valence-corrected chi connectivity index (χ1v) is 8.70. The minimum atomic E-state index is -0.919. The molecule has 2 amide bonds. The second-order valence-corrected chi connectivity index (χ2v) is 6.89. The van der Waals surface area contributed by atoms with Crippen LogP contribution in [0.1, 0.15) is 32.6 Å². The first-order valence-electron chi connectivity index (χ1n) is 6.97. The number of urea groups is 1. The quantitative estimate of drug-likeness (QED) is 0.767. The molecule has 6 nitrogen and oxygen atoms in total. The lowest BCUT2D eigenvalue weighted by Gasteiger charge is -2.38. The second-order valence-electron chi connectivity index (χ2n) is 5.33. The zero-order valence-corrected chi connectivity index (χ0v) is 13.0. The van der Waals surface area contributed by atoms with Crippen LogP contribution in [0.25, 0.3) is 0 Å². The number of rotatable bonds is 6. The number of carbonyl (C=O) groups is 2. The van der Waals surface area contributed by atoms with Gasteiger partial charge in [-0.1, -0.05) is 13.3 Å². The molecule has 1 atom stereocenters. The number of carboxylic acids is 1. The molecule has 0 bridgehead atoms. The maximum atomic E-state index is 11.9. The molecule has 0 aliphatic carbocycles. The summed E-state index contributed by atoms with van der Waals surface area (Å²) in [5.41, 5.74) is -0.670. The molecule has 0 aromatic heterocycles. The van der Waals surface area contributed by atoms with Crippen LogP contribution in [0.2, 0.25) is 0 Å². The molecule has 7 heteroatoms. The molecular weight excluding hydrogens is 280 g/mol. The van der Waals surface area contributed by atoms with Crippen molar-refractivity contribution in [3.63, 3.8) is 0 Å². The Morgan fingerprint density at radius 1 is 1.35 bits per heavy atom. The summed E-state index contributed by atoms with van der Waals surface area (Å²) in [6.07, 6.45) is 4.10. The van der Waals surface area contributed by atoms with Crippen LogP contribution in [-0.4, -0.2) is 57.9 Å². The number of carbonyl (C=O) groups excluding carboxylic acids is 1. The van der Waals surface area contributed by atoms with Gasteiger partial charge in [-0.25, -0.2) is 4.79 Å². The van der Waals surface area contributed by atoms with Crippen molar-refractivity contribution in [1.29, 1.82) is 0 Å². The van der Waals surface area contributed by atoms with E-state index in [0.29, 0.717) is 44.6 Å². The highest BCUT2D eigenvalue weighted by Crippen LogP contribution is 2.36. The maximum Gasteiger partial charge on any atom is 0.317 e. The Labute approximate surface area is 122 Å². The minimum Gasteiger partial charge on any atom is -0.481 e. The largest absolute Gasteiger partial charge is 0.481 e. The van der Waals surface area contributed by atoms with E-state index >= 15 is 0 Å². The van der Waals surface area contributed by atoms with Gasteiger partial charge in [0.2, 0.25) is 0 Å². The molecule has 20 heavy (non-hydrogen) atoms. The van der Waals surface area contributed by atoms with Gasteiger partial charge in [-0.05, 0) is 19.3 Å². The molecule has 116 valence electrons. The lowest BCUT2D eigenvalue weighted by atomic mass is 9.75. The van der Waals surface area contributed by atoms with Crippen molar-refractivity contribution in [2.75, 3.05) is 31.6 Å². The Morgan fingerprint density at radius 2 is 1.95 bits per heavy atom. The number of hydrogen-bond donors (Lipinski definition) is 2. The number of aliphatic carboxylic acids is 1. The first-order chi connectivity index (χ1) is 9.41. The summed E-state index contributed by atoms with van der Waals surface area (Å²) >= 11 is 0. The summed E-state index contributed by atoms with van der Waals surface area (Å²) in [5.74, 6) is -0.310. The third-order valence-electron chi connectivity index (χ3n) is 3.86. The third kappa shape index (κ3) is 4.47. The van der Waals surface area contributed by atoms with E-state index in [4.69, 9.17) is 0 Å². The van der Waals surface area contributed by atoms with Gasteiger partial charge < -0.3 is 15.3 Å². The van der Waals surface area contributed by atoms with Crippen LogP contribution in [0, 0.1) is 5.41 Å². The Morgan fingerprint density at radius 3 is 2.40 bits per heavy atom. The third-order valence-corrected chi connectivity index (χ3v) is 4.63. The molecule has 0 aromatic carbocycles. The van der Waals surface area contributed by atoms with Crippen LogP contribution in [0.3, 0.4) is 0 Å². The molecule has 0 spiro atoms. The smallest absolute Gasteiger partial charge is 0.317 e. The van der Waals surface area contributed by atoms with E-state index < -0.39 is 22.2 Å². The number of piperidine rings is 1. The number of hydrogen-bond acceptors (Lipinski definition) is 3. The molecule has 1 unspecified atom stereocenters. The average molecular weight is 304 g/mol. The summed E-state index contributed by atoms with van der Waals surface area (Å²) in [6.45, 7) is 3.30. The van der Waals surface area contributed by atoms with E-state index in [1.54, 1.807) is 11.2 Å². The minimum absolute atomic E-state index is 0.189. The van der Waals surface area contributed by atoms with Crippen LogP contribution >= 0.6 is 0 Å². The average Bonchev–Trinajstić information content (AvgIpc) is 2.39. The summed E-state index contributed by atoms with van der Waals surface area (Å²) in [6, 6.07) is -0.189. The highest BCUT2D eigenvalue weighted by Gasteiger charge is 2.41. The molecule has 1 aliphatic rings. The van der Waals surface area contributed by atoms with Gasteiger partial charge >= 0.3 is 12.0 Å². The Balaban J connectivity index is 2.46. The van der Waals surface area contributed by atoms with Gasteiger partial charge in [0.15, 0.2) is 0 Å². The molecule has 1 rings (SSSR count). The zero-order valence-electron chi connectivity index (χ0n) is 12.2. The van der Waals surface area contributed by atoms with E-state index in [-0.39, 0.29) is 6.03 Å². The zero-order chi connectivity index (χ0) is 15.2. The topological polar surface area (TPSA) is 86.7 Å². The predicted octanol–water partition coefficient (Wildman–Crippen LogP) is 1.04. The number of nitrogens with zero attached hydrogens (tertiary/aromatic N) is 1. The van der Waals surface area contributed by atoms with Gasteiger partial charge in [0.05, 0.1) is 5.41 Å². The van der Waals surface area contributed by atoms with Crippen molar-refractivity contribution in [2.24, 2.45) is 5.41 Å². The van der Waals surface area contributed by atoms with Gasteiger partial charge in [-0.15, -0.1) is 0 Å². The van der Waals surface area contributed by atoms with Gasteiger partial charge in [0, 0.05) is 42.4 Å². The molecule has 2 N–H and O–H groups in total. The van der Waals surface area contributed by atoms with E-state index in [1.807, 2.05) is 6.92 Å². The Hall–Kier alpha value is -1.11. The summed E-state index contributed by atoms with van der Waals surface area (Å²) in [4.78, 5) is 25.0. The van der Waals surface area contributed by atoms with Crippen molar-refractivity contribution in [2.45, 2.75) is 32.6 Å². The number of nitrogens with one attached hydrogen (secondary N) is 1. The van der Waals surface area contributed by atoms with Gasteiger partial charge in [-0.2, -0.15) is 0 Å². The lowest BCUT2D eigenvalue weighted by Crippen LogP contribution is -2.50. The summed E-state index contributed by atoms with van der Waals surface area (Å²) in [5, 5.41) is 12.1. The molecule has 1 aliphatic heterocycles. The van der Waals surface area contributed by atoms with Crippen LogP contribution in [0.5, 0.6) is 0 Å². The number of likely N-dealkylation sites (tertiary alicyclic amines) is 1. The monoisotopic (exact) mass is 304 g/mol. The van der Waals surface area contributed by atoms with Gasteiger partial charge in [0.1, 0.15) is 0 Å². The number of carboxylic acid groups (broad SMARTS) is 1. The lowest BCUT2D eigenvalue weighted by molar-refractivity contribution is -0.152. The second kappa shape index (κ2) is 7.61. The van der Waals surface area contributed by atoms with Crippen LogP contribution in [0.15, 0.2) is 0 Å². The van der Waals surface area contributed by atoms with E-state index in [2.05, 4.69) is 5.32 Å². The molecule has 0 aromatic rings. The van der Waals surface area contributed by atoms with E-state index in [9.17, 15) is 18.9 Å². The summed E-state index contributed by atoms with van der Waals surface area (Å²) < 4.78 is 10.9. The fourth-order valence-corrected chi connectivity index (χ4v) is 2.99. The van der Waals surface area contributed by atoms with Crippen molar-refractivity contribution in [3.8, 4) is 0 Å². The molecule has 0 radical (unpaired) electrons. The van der Waals surface area contributed by atoms with Crippen molar-refractivity contribution < 1.29 is 18.9 Å². The van der Waals surface area contributed by atoms with Gasteiger partial charge in [-0.3, -0.25) is 9.00 Å². The highest BCUT2D eigenvalue weighted by atomic mass is 32.2. The fourth-order valence-electron chi connectivity index (χ4n) is 2.60. The predicted molar refractivity (Wildman–Crippen MR) is 78.1 cm³/mol. The van der Waals surface area contributed by atoms with Crippen LogP contribution in [-0.2, 0) is 15.6 Å². The summed E-state index contributed by atoms with van der Waals surface area (Å²) in [7, 11) is -0.919. The van der Waals surface area contributed by atoms with Gasteiger partial charge in [0.25, 0.3) is 0 Å². The Bertz CT molecular complexity index is 379. The normalized spacial score (nSPS) is 19.4. The SMILES string of the molecule is CCCC1(C(=O)O)CCN(C(=O)NCCS(C)=O)CC1. The molecule has 1 heterocycles. The molecule has 1 saturated heterocycles. The number of amides is 2. The molecular formula is C13H24N2O4S.